The Morgan fingerprint density at radius 2 is 1.86 bits per heavy atom. The summed E-state index contributed by atoms with van der Waals surface area (Å²) in [5, 5.41) is 2.84. The summed E-state index contributed by atoms with van der Waals surface area (Å²) in [5.41, 5.74) is 0.898. The summed E-state index contributed by atoms with van der Waals surface area (Å²) < 4.78 is 75.5. The van der Waals surface area contributed by atoms with Crippen LogP contribution in [0.4, 0.5) is 10.2 Å². The van der Waals surface area contributed by atoms with Gasteiger partial charge in [0.05, 0.1) is 41.7 Å². The molecule has 0 spiro atoms. The Labute approximate surface area is 202 Å². The van der Waals surface area contributed by atoms with Crippen LogP contribution in [0.1, 0.15) is 28.9 Å². The lowest BCUT2D eigenvalue weighted by atomic mass is 10.0. The first-order valence-corrected chi connectivity index (χ1v) is 14.5. The fourth-order valence-corrected chi connectivity index (χ4v) is 5.84. The van der Waals surface area contributed by atoms with Gasteiger partial charge in [-0.2, -0.15) is 4.98 Å². The Morgan fingerprint density at radius 1 is 1.20 bits per heavy atom. The molecule has 0 saturated carbocycles. The topological polar surface area (TPSA) is 136 Å². The minimum atomic E-state index is -3.89. The number of ether oxygens (including phenoxy) is 1. The van der Waals surface area contributed by atoms with Crippen molar-refractivity contribution in [2.24, 2.45) is 0 Å². The second kappa shape index (κ2) is 8.88. The second-order valence-corrected chi connectivity index (χ2v) is 12.5. The number of nitrogens with one attached hydrogen (secondary N) is 1. The van der Waals surface area contributed by atoms with E-state index >= 15 is 0 Å². The number of carbonyl (C=O) groups excluding carboxylic acids is 1. The zero-order valence-corrected chi connectivity index (χ0v) is 21.0. The van der Waals surface area contributed by atoms with Crippen LogP contribution in [0, 0.1) is 5.82 Å². The van der Waals surface area contributed by atoms with Gasteiger partial charge in [0.15, 0.2) is 5.82 Å². The Hall–Kier alpha value is -3.03. The summed E-state index contributed by atoms with van der Waals surface area (Å²) in [6.45, 7) is 1.38. The number of hydrogen-bond acceptors (Lipinski definition) is 8. The van der Waals surface area contributed by atoms with Crippen LogP contribution >= 0.6 is 0 Å². The van der Waals surface area contributed by atoms with Crippen LogP contribution in [0.3, 0.4) is 0 Å². The number of aromatic nitrogens is 1. The highest BCUT2D eigenvalue weighted by Gasteiger charge is 2.36. The Balaban J connectivity index is 1.96. The molecule has 0 saturated heterocycles. The molecule has 188 valence electrons. The number of furan rings is 1. The lowest BCUT2D eigenvalue weighted by Gasteiger charge is -2.23. The molecule has 35 heavy (non-hydrogen) atoms. The van der Waals surface area contributed by atoms with Crippen molar-refractivity contribution in [3.8, 4) is 11.3 Å². The van der Waals surface area contributed by atoms with Crippen molar-refractivity contribution in [1.82, 2.24) is 10.3 Å². The maximum absolute atomic E-state index is 13.5. The van der Waals surface area contributed by atoms with Gasteiger partial charge in [0.2, 0.25) is 15.7 Å². The van der Waals surface area contributed by atoms with Crippen molar-refractivity contribution in [3.05, 3.63) is 47.3 Å². The van der Waals surface area contributed by atoms with Gasteiger partial charge in [0.25, 0.3) is 5.91 Å². The number of fused-ring (bicyclic) bond motifs is 2. The number of amides is 1. The number of rotatable bonds is 5. The summed E-state index contributed by atoms with van der Waals surface area (Å²) in [7, 11) is -5.92. The summed E-state index contributed by atoms with van der Waals surface area (Å²) >= 11 is 0. The van der Waals surface area contributed by atoms with Gasteiger partial charge in [-0.3, -0.25) is 9.10 Å². The molecular weight excluding hydrogens is 501 g/mol. The normalized spacial score (nSPS) is 18.8. The molecule has 2 aromatic heterocycles. The number of sulfone groups is 1. The average Bonchev–Trinajstić information content (AvgIpc) is 3.06. The third-order valence-electron chi connectivity index (χ3n) is 5.58. The second-order valence-electron chi connectivity index (χ2n) is 8.43. The molecule has 0 bridgehead atoms. The third-order valence-corrected chi connectivity index (χ3v) is 7.68. The number of hydrogen-bond donors (Lipinski definition) is 1. The van der Waals surface area contributed by atoms with E-state index in [0.29, 0.717) is 16.5 Å². The SMILES string of the molecule is CNC(=O)c1c(-c2ccc(F)cc2)oc2nc3c(cc12)[C@H](C)O[C@H](CS(C)(=O)=O)CN3S(C)(=O)=O. The van der Waals surface area contributed by atoms with Gasteiger partial charge >= 0.3 is 0 Å². The fourth-order valence-electron chi connectivity index (χ4n) is 4.08. The van der Waals surface area contributed by atoms with Crippen molar-refractivity contribution in [3.63, 3.8) is 0 Å². The highest BCUT2D eigenvalue weighted by atomic mass is 32.2. The van der Waals surface area contributed by atoms with Crippen LogP contribution < -0.4 is 9.62 Å². The number of halogens is 1. The quantitative estimate of drug-likeness (QED) is 0.536. The number of nitrogens with zero attached hydrogens (tertiary/aromatic N) is 2. The van der Waals surface area contributed by atoms with Crippen LogP contribution in [-0.4, -0.2) is 65.7 Å². The predicted molar refractivity (Wildman–Crippen MR) is 128 cm³/mol. The third kappa shape index (κ3) is 5.02. The standard InChI is InChI=1S/C22H24FN3O7S2/c1-12-16-9-17-18(21(27)24-2)19(13-5-7-14(23)8-6-13)33-22(17)25-20(16)26(35(4,30)31)10-15(32-12)11-34(3,28)29/h5-9,12,15H,10-11H2,1-4H3,(H,24,27)/t12-,15-/m0/s1. The molecule has 1 aromatic carbocycles. The molecule has 1 aliphatic heterocycles. The van der Waals surface area contributed by atoms with E-state index in [1.807, 2.05) is 0 Å². The van der Waals surface area contributed by atoms with Crippen molar-refractivity contribution < 1.29 is 35.2 Å². The number of pyridine rings is 1. The van der Waals surface area contributed by atoms with Gasteiger partial charge in [-0.25, -0.2) is 21.2 Å². The number of anilines is 1. The van der Waals surface area contributed by atoms with Crippen molar-refractivity contribution in [1.29, 1.82) is 0 Å². The molecule has 0 fully saturated rings. The maximum atomic E-state index is 13.5. The molecule has 10 nitrogen and oxygen atoms in total. The molecule has 4 rings (SSSR count). The van der Waals surface area contributed by atoms with Crippen molar-refractivity contribution in [2.45, 2.75) is 19.1 Å². The van der Waals surface area contributed by atoms with Crippen LogP contribution in [0.5, 0.6) is 0 Å². The first-order chi connectivity index (χ1) is 16.3. The summed E-state index contributed by atoms with van der Waals surface area (Å²) in [6.07, 6.45) is 0.339. The summed E-state index contributed by atoms with van der Waals surface area (Å²) in [5.74, 6) is -1.17. The molecule has 1 aliphatic rings. The predicted octanol–water partition coefficient (Wildman–Crippen LogP) is 2.26. The molecule has 0 aliphatic carbocycles. The Kier molecular flexibility index (Phi) is 6.36. The van der Waals surface area contributed by atoms with Crippen LogP contribution in [-0.2, 0) is 24.6 Å². The molecule has 3 heterocycles. The van der Waals surface area contributed by atoms with Gasteiger partial charge in [-0.1, -0.05) is 0 Å². The smallest absolute Gasteiger partial charge is 0.255 e. The molecule has 0 unspecified atom stereocenters. The van der Waals surface area contributed by atoms with E-state index in [9.17, 15) is 26.0 Å². The van der Waals surface area contributed by atoms with E-state index in [0.717, 1.165) is 16.8 Å². The van der Waals surface area contributed by atoms with E-state index in [-0.39, 0.29) is 35.2 Å². The molecule has 2 atom stereocenters. The van der Waals surface area contributed by atoms with Crippen LogP contribution in [0.2, 0.25) is 0 Å². The van der Waals surface area contributed by atoms with E-state index in [1.165, 1.54) is 31.3 Å². The van der Waals surface area contributed by atoms with Gasteiger partial charge < -0.3 is 14.5 Å². The van der Waals surface area contributed by atoms with Gasteiger partial charge in [-0.05, 0) is 37.3 Å². The highest BCUT2D eigenvalue weighted by Crippen LogP contribution is 2.40. The highest BCUT2D eigenvalue weighted by molar-refractivity contribution is 7.92. The lowest BCUT2D eigenvalue weighted by Crippen LogP contribution is -2.39. The zero-order chi connectivity index (χ0) is 25.7. The van der Waals surface area contributed by atoms with Crippen LogP contribution in [0.15, 0.2) is 34.7 Å². The van der Waals surface area contributed by atoms with E-state index in [2.05, 4.69) is 10.3 Å². The van der Waals surface area contributed by atoms with Gasteiger partial charge in [0, 0.05) is 24.4 Å². The molecule has 3 aromatic rings. The van der Waals surface area contributed by atoms with Crippen molar-refractivity contribution >= 4 is 42.7 Å². The first-order valence-electron chi connectivity index (χ1n) is 10.5. The van der Waals surface area contributed by atoms with Gasteiger partial charge in [-0.15, -0.1) is 0 Å². The van der Waals surface area contributed by atoms with Gasteiger partial charge in [0.1, 0.15) is 21.4 Å². The molecular formula is C22H24FN3O7S2. The van der Waals surface area contributed by atoms with E-state index < -0.39 is 43.8 Å². The maximum Gasteiger partial charge on any atom is 0.255 e. The first kappa shape index (κ1) is 25.1. The minimum Gasteiger partial charge on any atom is -0.437 e. The van der Waals surface area contributed by atoms with E-state index in [1.54, 1.807) is 13.0 Å². The zero-order valence-electron chi connectivity index (χ0n) is 19.4. The summed E-state index contributed by atoms with van der Waals surface area (Å²) in [6, 6.07) is 6.91. The van der Waals surface area contributed by atoms with Crippen molar-refractivity contribution in [2.75, 3.05) is 36.2 Å². The molecule has 1 N–H and O–H groups in total. The average molecular weight is 526 g/mol. The molecule has 0 radical (unpaired) electrons. The van der Waals surface area contributed by atoms with E-state index in [4.69, 9.17) is 9.15 Å². The molecule has 13 heteroatoms. The lowest BCUT2D eigenvalue weighted by molar-refractivity contribution is 0.0193. The number of sulfonamides is 1. The Bertz CT molecular complexity index is 1520. The molecule has 1 amide bonds. The number of benzene rings is 1. The fraction of sp³-hybridized carbons (Fsp3) is 0.364. The Morgan fingerprint density at radius 3 is 2.43 bits per heavy atom. The number of carbonyl (C=O) groups is 1. The van der Waals surface area contributed by atoms with Crippen LogP contribution in [0.25, 0.3) is 22.4 Å². The largest absolute Gasteiger partial charge is 0.437 e. The monoisotopic (exact) mass is 525 g/mol. The summed E-state index contributed by atoms with van der Waals surface area (Å²) in [4.78, 5) is 17.3. The minimum absolute atomic E-state index is 0.0101.